The number of carbonyl (C=O) groups is 1. The standard InChI is InChI=1S/C29H39N9O2/c1-7-20-14-31-29(33-24-17-37(6)35-28(24)40-8-2)34-25(20)22-15-30-26-21(22)10-9-11-23(26)32-27(39)19(4)38-13-12-36(5)18(3)16-38/h9-11,14-15,17-19,30H,7-8,12-13,16H2,1-6H3,(H,32,39)(H,31,33,34)/t18-,19-/m1/s1. The van der Waals surface area contributed by atoms with Gasteiger partial charge in [0.15, 0.2) is 0 Å². The molecule has 1 saturated heterocycles. The Morgan fingerprint density at radius 2 is 2.05 bits per heavy atom. The van der Waals surface area contributed by atoms with Gasteiger partial charge in [0, 0.05) is 56.1 Å². The van der Waals surface area contributed by atoms with Gasteiger partial charge < -0.3 is 25.3 Å². The molecule has 2 atom stereocenters. The Morgan fingerprint density at radius 1 is 1.23 bits per heavy atom. The van der Waals surface area contributed by atoms with Crippen LogP contribution in [-0.4, -0.2) is 85.8 Å². The lowest BCUT2D eigenvalue weighted by Crippen LogP contribution is -2.55. The summed E-state index contributed by atoms with van der Waals surface area (Å²) in [6, 6.07) is 6.14. The van der Waals surface area contributed by atoms with Gasteiger partial charge >= 0.3 is 0 Å². The summed E-state index contributed by atoms with van der Waals surface area (Å²) in [5.74, 6) is 0.947. The number of aromatic amines is 1. The molecule has 0 unspecified atom stereocenters. The average molecular weight is 546 g/mol. The molecule has 212 valence electrons. The topological polar surface area (TPSA) is 116 Å². The van der Waals surface area contributed by atoms with Gasteiger partial charge in [-0.15, -0.1) is 5.10 Å². The van der Waals surface area contributed by atoms with Crippen molar-refractivity contribution in [3.8, 4) is 17.1 Å². The number of hydrogen-bond acceptors (Lipinski definition) is 8. The molecule has 1 aromatic carbocycles. The lowest BCUT2D eigenvalue weighted by atomic mass is 10.0. The van der Waals surface area contributed by atoms with Crippen LogP contribution in [0.25, 0.3) is 22.2 Å². The van der Waals surface area contributed by atoms with Crippen molar-refractivity contribution in [3.63, 3.8) is 0 Å². The zero-order valence-corrected chi connectivity index (χ0v) is 24.2. The number of nitrogens with zero attached hydrogens (tertiary/aromatic N) is 6. The zero-order chi connectivity index (χ0) is 28.4. The third kappa shape index (κ3) is 5.52. The number of aromatic nitrogens is 5. The molecular weight excluding hydrogens is 506 g/mol. The van der Waals surface area contributed by atoms with E-state index >= 15 is 0 Å². The number of fused-ring (bicyclic) bond motifs is 1. The molecule has 3 N–H and O–H groups in total. The molecule has 0 spiro atoms. The highest BCUT2D eigenvalue weighted by Crippen LogP contribution is 2.34. The van der Waals surface area contributed by atoms with Crippen molar-refractivity contribution in [2.24, 2.45) is 7.05 Å². The highest BCUT2D eigenvalue weighted by atomic mass is 16.5. The van der Waals surface area contributed by atoms with Crippen LogP contribution < -0.4 is 15.4 Å². The van der Waals surface area contributed by atoms with Crippen LogP contribution in [0.5, 0.6) is 5.88 Å². The molecule has 0 saturated carbocycles. The van der Waals surface area contributed by atoms with Gasteiger partial charge in [0.05, 0.1) is 35.7 Å². The van der Waals surface area contributed by atoms with Crippen LogP contribution in [0.15, 0.2) is 36.8 Å². The van der Waals surface area contributed by atoms with Crippen molar-refractivity contribution in [2.45, 2.75) is 46.2 Å². The molecular formula is C29H39N9O2. The van der Waals surface area contributed by atoms with Crippen LogP contribution in [0.4, 0.5) is 17.3 Å². The molecule has 11 heteroatoms. The van der Waals surface area contributed by atoms with Gasteiger partial charge in [-0.3, -0.25) is 14.4 Å². The number of aryl methyl sites for hydroxylation is 2. The lowest BCUT2D eigenvalue weighted by molar-refractivity contribution is -0.121. The smallest absolute Gasteiger partial charge is 0.256 e. The van der Waals surface area contributed by atoms with Crippen LogP contribution in [0, 0.1) is 0 Å². The van der Waals surface area contributed by atoms with E-state index in [1.807, 2.05) is 57.7 Å². The first kappa shape index (κ1) is 27.6. The predicted octanol–water partition coefficient (Wildman–Crippen LogP) is 4.03. The Balaban J connectivity index is 1.42. The van der Waals surface area contributed by atoms with E-state index in [0.717, 1.165) is 59.5 Å². The number of carbonyl (C=O) groups excluding carboxylic acids is 1. The van der Waals surface area contributed by atoms with Crippen molar-refractivity contribution in [1.82, 2.24) is 34.5 Å². The molecule has 4 aromatic rings. The number of hydrogen-bond donors (Lipinski definition) is 3. The Morgan fingerprint density at radius 3 is 2.80 bits per heavy atom. The zero-order valence-electron chi connectivity index (χ0n) is 24.2. The second kappa shape index (κ2) is 11.6. The second-order valence-corrected chi connectivity index (χ2v) is 10.4. The van der Waals surface area contributed by atoms with Gasteiger partial charge in [0.25, 0.3) is 5.88 Å². The molecule has 1 aliphatic heterocycles. The minimum Gasteiger partial charge on any atom is -0.475 e. The third-order valence-electron chi connectivity index (χ3n) is 7.71. The first-order valence-corrected chi connectivity index (χ1v) is 13.9. The molecule has 0 bridgehead atoms. The van der Waals surface area contributed by atoms with Gasteiger partial charge in [-0.25, -0.2) is 9.97 Å². The lowest BCUT2D eigenvalue weighted by Gasteiger charge is -2.40. The summed E-state index contributed by atoms with van der Waals surface area (Å²) >= 11 is 0. The minimum absolute atomic E-state index is 0.00949. The number of anilines is 3. The van der Waals surface area contributed by atoms with E-state index in [1.165, 1.54) is 0 Å². The van der Waals surface area contributed by atoms with Crippen LogP contribution in [0.2, 0.25) is 0 Å². The summed E-state index contributed by atoms with van der Waals surface area (Å²) < 4.78 is 7.34. The maximum Gasteiger partial charge on any atom is 0.256 e. The molecule has 3 aromatic heterocycles. The SMILES string of the molecule is CCOc1nn(C)cc1Nc1ncc(CC)c(-c2c[nH]c3c(NC(=O)[C@@H](C)N4CCN(C)[C@H](C)C4)cccc23)n1. The third-order valence-corrected chi connectivity index (χ3v) is 7.71. The number of piperazine rings is 1. The Labute approximate surface area is 234 Å². The maximum atomic E-state index is 13.3. The largest absolute Gasteiger partial charge is 0.475 e. The molecule has 0 aliphatic carbocycles. The predicted molar refractivity (Wildman–Crippen MR) is 158 cm³/mol. The van der Waals surface area contributed by atoms with Crippen LogP contribution in [-0.2, 0) is 18.3 Å². The molecule has 11 nitrogen and oxygen atoms in total. The fourth-order valence-electron chi connectivity index (χ4n) is 5.16. The highest BCUT2D eigenvalue weighted by molar-refractivity contribution is 6.06. The summed E-state index contributed by atoms with van der Waals surface area (Å²) in [6.07, 6.45) is 6.42. The van der Waals surface area contributed by atoms with Gasteiger partial charge in [-0.05, 0) is 45.9 Å². The van der Waals surface area contributed by atoms with E-state index < -0.39 is 0 Å². The van der Waals surface area contributed by atoms with Crippen LogP contribution >= 0.6 is 0 Å². The Bertz CT molecular complexity index is 1490. The quantitative estimate of drug-likeness (QED) is 0.289. The molecule has 5 rings (SSSR count). The maximum absolute atomic E-state index is 13.3. The van der Waals surface area contributed by atoms with Crippen molar-refractivity contribution >= 4 is 34.1 Å². The fraction of sp³-hybridized carbons (Fsp3) is 0.448. The monoisotopic (exact) mass is 545 g/mol. The summed E-state index contributed by atoms with van der Waals surface area (Å²) in [6.45, 7) is 11.4. The molecule has 0 radical (unpaired) electrons. The fourth-order valence-corrected chi connectivity index (χ4v) is 5.16. The summed E-state index contributed by atoms with van der Waals surface area (Å²) in [5.41, 5.74) is 5.12. The van der Waals surface area contributed by atoms with E-state index in [0.29, 0.717) is 30.2 Å². The molecule has 1 amide bonds. The summed E-state index contributed by atoms with van der Waals surface area (Å²) in [5, 5.41) is 11.8. The summed E-state index contributed by atoms with van der Waals surface area (Å²) in [4.78, 5) is 30.7. The van der Waals surface area contributed by atoms with Gasteiger partial charge in [-0.2, -0.15) is 0 Å². The van der Waals surface area contributed by atoms with Crippen molar-refractivity contribution in [1.29, 1.82) is 0 Å². The van der Waals surface area contributed by atoms with E-state index in [9.17, 15) is 4.79 Å². The first-order valence-electron chi connectivity index (χ1n) is 13.9. The van der Waals surface area contributed by atoms with E-state index in [2.05, 4.69) is 56.4 Å². The number of nitrogens with one attached hydrogen (secondary N) is 3. The molecule has 4 heterocycles. The van der Waals surface area contributed by atoms with E-state index in [4.69, 9.17) is 9.72 Å². The number of ether oxygens (including phenoxy) is 1. The molecule has 1 aliphatic rings. The number of likely N-dealkylation sites (N-methyl/N-ethyl adjacent to an activating group) is 1. The van der Waals surface area contributed by atoms with Crippen LogP contribution in [0.1, 0.15) is 33.3 Å². The van der Waals surface area contributed by atoms with Gasteiger partial charge in [0.1, 0.15) is 5.69 Å². The average Bonchev–Trinajstić information content (AvgIpc) is 3.53. The molecule has 1 fully saturated rings. The first-order chi connectivity index (χ1) is 19.3. The van der Waals surface area contributed by atoms with E-state index in [-0.39, 0.29) is 11.9 Å². The normalized spacial score (nSPS) is 17.2. The number of rotatable bonds is 9. The highest BCUT2D eigenvalue weighted by Gasteiger charge is 2.28. The Hall–Kier alpha value is -3.96. The number of amides is 1. The number of H-pyrrole nitrogens is 1. The summed E-state index contributed by atoms with van der Waals surface area (Å²) in [7, 11) is 3.97. The van der Waals surface area contributed by atoms with Crippen molar-refractivity contribution in [3.05, 3.63) is 42.4 Å². The van der Waals surface area contributed by atoms with Crippen molar-refractivity contribution in [2.75, 3.05) is 43.9 Å². The number of benzene rings is 1. The number of para-hydroxylation sites is 1. The van der Waals surface area contributed by atoms with Crippen molar-refractivity contribution < 1.29 is 9.53 Å². The second-order valence-electron chi connectivity index (χ2n) is 10.4. The minimum atomic E-state index is -0.225. The van der Waals surface area contributed by atoms with Gasteiger partial charge in [0.2, 0.25) is 11.9 Å². The van der Waals surface area contributed by atoms with E-state index in [1.54, 1.807) is 4.68 Å². The van der Waals surface area contributed by atoms with Gasteiger partial charge in [-0.1, -0.05) is 19.1 Å². The Kier molecular flexibility index (Phi) is 8.04. The van der Waals surface area contributed by atoms with Crippen LogP contribution in [0.3, 0.4) is 0 Å². The molecule has 40 heavy (non-hydrogen) atoms.